The first-order chi connectivity index (χ1) is 9.13. The monoisotopic (exact) mass is 288 g/mol. The normalized spacial score (nSPS) is 13.8. The molecule has 0 aliphatic carbocycles. The van der Waals surface area contributed by atoms with Gasteiger partial charge in [-0.1, -0.05) is 13.8 Å². The van der Waals surface area contributed by atoms with Gasteiger partial charge in [-0.05, 0) is 26.2 Å². The summed E-state index contributed by atoms with van der Waals surface area (Å²) in [6, 6.07) is 0. The molecular weight excluding hydrogens is 264 g/mol. The summed E-state index contributed by atoms with van der Waals surface area (Å²) in [5.41, 5.74) is 0. The summed E-state index contributed by atoms with van der Waals surface area (Å²) in [7, 11) is 0. The molecule has 0 bridgehead atoms. The quantitative estimate of drug-likeness (QED) is 0.525. The number of ether oxygens (including phenoxy) is 3. The summed E-state index contributed by atoms with van der Waals surface area (Å²) in [6.07, 6.45) is -2.04. The lowest BCUT2D eigenvalue weighted by atomic mass is 10.0. The molecule has 0 aliphatic rings. The predicted octanol–water partition coefficient (Wildman–Crippen LogP) is 1.85. The minimum absolute atomic E-state index is 0.157. The number of carbonyl (C=O) groups is 3. The molecule has 0 saturated heterocycles. The van der Waals surface area contributed by atoms with Gasteiger partial charge in [0, 0.05) is 13.8 Å². The van der Waals surface area contributed by atoms with Gasteiger partial charge < -0.3 is 14.2 Å². The van der Waals surface area contributed by atoms with E-state index in [1.807, 2.05) is 13.8 Å². The van der Waals surface area contributed by atoms with Crippen LogP contribution < -0.4 is 0 Å². The van der Waals surface area contributed by atoms with Crippen LogP contribution in [0.1, 0.15) is 48.0 Å². The summed E-state index contributed by atoms with van der Waals surface area (Å²) in [4.78, 5) is 34.3. The molecule has 116 valence electrons. The number of esters is 3. The minimum atomic E-state index is -1.24. The second-order valence-electron chi connectivity index (χ2n) is 5.29. The first-order valence-electron chi connectivity index (χ1n) is 6.68. The molecule has 6 heteroatoms. The topological polar surface area (TPSA) is 78.9 Å². The highest BCUT2D eigenvalue weighted by Crippen LogP contribution is 2.17. The fourth-order valence-electron chi connectivity index (χ4n) is 1.67. The van der Waals surface area contributed by atoms with Crippen molar-refractivity contribution in [1.29, 1.82) is 0 Å². The van der Waals surface area contributed by atoms with Crippen LogP contribution >= 0.6 is 0 Å². The Kier molecular flexibility index (Phi) is 7.87. The maximum absolute atomic E-state index is 12.0. The largest absolute Gasteiger partial charge is 0.460 e. The van der Waals surface area contributed by atoms with E-state index < -0.39 is 30.1 Å². The van der Waals surface area contributed by atoms with Gasteiger partial charge in [0.2, 0.25) is 6.10 Å². The molecule has 6 nitrogen and oxygen atoms in total. The second-order valence-corrected chi connectivity index (χ2v) is 5.29. The Morgan fingerprint density at radius 3 is 1.70 bits per heavy atom. The lowest BCUT2D eigenvalue weighted by Crippen LogP contribution is -2.43. The predicted molar refractivity (Wildman–Crippen MR) is 71.8 cm³/mol. The van der Waals surface area contributed by atoms with Crippen molar-refractivity contribution < 1.29 is 28.6 Å². The van der Waals surface area contributed by atoms with Gasteiger partial charge in [0.25, 0.3) is 0 Å². The van der Waals surface area contributed by atoms with Crippen molar-refractivity contribution in [3.05, 3.63) is 0 Å². The zero-order valence-corrected chi connectivity index (χ0v) is 13.0. The van der Waals surface area contributed by atoms with Crippen molar-refractivity contribution in [3.8, 4) is 0 Å². The Hall–Kier alpha value is -1.59. The molecule has 0 aromatic heterocycles. The van der Waals surface area contributed by atoms with Crippen LogP contribution in [0.5, 0.6) is 0 Å². The number of rotatable bonds is 7. The highest BCUT2D eigenvalue weighted by molar-refractivity contribution is 5.80. The smallest absolute Gasteiger partial charge is 0.351 e. The van der Waals surface area contributed by atoms with E-state index in [0.29, 0.717) is 6.42 Å². The Morgan fingerprint density at radius 1 is 0.850 bits per heavy atom. The van der Waals surface area contributed by atoms with Crippen LogP contribution in [0.4, 0.5) is 0 Å². The summed E-state index contributed by atoms with van der Waals surface area (Å²) < 4.78 is 15.1. The van der Waals surface area contributed by atoms with Crippen molar-refractivity contribution in [2.24, 2.45) is 5.92 Å². The van der Waals surface area contributed by atoms with Crippen LogP contribution in [0.15, 0.2) is 0 Å². The van der Waals surface area contributed by atoms with Crippen molar-refractivity contribution in [1.82, 2.24) is 0 Å². The molecule has 0 aromatic carbocycles. The van der Waals surface area contributed by atoms with Crippen molar-refractivity contribution in [3.63, 3.8) is 0 Å². The molecule has 0 fully saturated rings. The van der Waals surface area contributed by atoms with Gasteiger partial charge in [0.1, 0.15) is 6.10 Å². The lowest BCUT2D eigenvalue weighted by molar-refractivity contribution is -0.184. The number of hydrogen-bond acceptors (Lipinski definition) is 6. The summed E-state index contributed by atoms with van der Waals surface area (Å²) in [6.45, 7) is 9.63. The first kappa shape index (κ1) is 18.4. The highest BCUT2D eigenvalue weighted by Gasteiger charge is 2.36. The molecule has 0 radical (unpaired) electrons. The molecule has 0 spiro atoms. The molecule has 0 unspecified atom stereocenters. The van der Waals surface area contributed by atoms with Gasteiger partial charge in [0.05, 0.1) is 6.10 Å². The first-order valence-corrected chi connectivity index (χ1v) is 6.68. The van der Waals surface area contributed by atoms with E-state index in [-0.39, 0.29) is 12.0 Å². The van der Waals surface area contributed by atoms with E-state index >= 15 is 0 Å². The molecule has 0 heterocycles. The van der Waals surface area contributed by atoms with Crippen LogP contribution in [-0.4, -0.2) is 36.2 Å². The molecule has 0 saturated carbocycles. The van der Waals surface area contributed by atoms with Gasteiger partial charge in [-0.25, -0.2) is 4.79 Å². The fraction of sp³-hybridized carbons (Fsp3) is 0.786. The molecule has 0 aromatic rings. The van der Waals surface area contributed by atoms with E-state index in [0.717, 1.165) is 0 Å². The van der Waals surface area contributed by atoms with E-state index in [9.17, 15) is 14.4 Å². The maximum atomic E-state index is 12.0. The molecule has 0 rings (SSSR count). The second kappa shape index (κ2) is 8.55. The van der Waals surface area contributed by atoms with Gasteiger partial charge in [-0.15, -0.1) is 0 Å². The Balaban J connectivity index is 5.11. The average Bonchev–Trinajstić information content (AvgIpc) is 2.22. The standard InChI is InChI=1S/C14H24O6/c1-8(2)7-12(19-10(5)15)13(20-11(6)16)14(17)18-9(3)4/h8-9,12-13H,7H2,1-6H3/t12-,13+/m0/s1. The molecular formula is C14H24O6. The van der Waals surface area contributed by atoms with Crippen LogP contribution in [0.25, 0.3) is 0 Å². The molecule has 0 amide bonds. The van der Waals surface area contributed by atoms with Crippen LogP contribution in [-0.2, 0) is 28.6 Å². The maximum Gasteiger partial charge on any atom is 0.351 e. The van der Waals surface area contributed by atoms with Crippen molar-refractivity contribution in [2.75, 3.05) is 0 Å². The van der Waals surface area contributed by atoms with Crippen molar-refractivity contribution in [2.45, 2.75) is 66.3 Å². The van der Waals surface area contributed by atoms with Crippen molar-refractivity contribution >= 4 is 17.9 Å². The molecule has 20 heavy (non-hydrogen) atoms. The third kappa shape index (κ3) is 7.76. The highest BCUT2D eigenvalue weighted by atomic mass is 16.6. The van der Waals surface area contributed by atoms with Crippen LogP contribution in [0.3, 0.4) is 0 Å². The Bertz CT molecular complexity index is 348. The Morgan fingerprint density at radius 2 is 1.35 bits per heavy atom. The van der Waals surface area contributed by atoms with Gasteiger partial charge in [-0.3, -0.25) is 9.59 Å². The molecule has 0 aliphatic heterocycles. The number of hydrogen-bond donors (Lipinski definition) is 0. The fourth-order valence-corrected chi connectivity index (χ4v) is 1.67. The van der Waals surface area contributed by atoms with E-state index in [4.69, 9.17) is 14.2 Å². The summed E-state index contributed by atoms with van der Waals surface area (Å²) >= 11 is 0. The SMILES string of the molecule is CC(=O)O[C@@H](CC(C)C)[C@@H](OC(C)=O)C(=O)OC(C)C. The van der Waals surface area contributed by atoms with E-state index in [1.165, 1.54) is 13.8 Å². The zero-order chi connectivity index (χ0) is 15.9. The van der Waals surface area contributed by atoms with E-state index in [2.05, 4.69) is 0 Å². The van der Waals surface area contributed by atoms with Crippen LogP contribution in [0.2, 0.25) is 0 Å². The zero-order valence-electron chi connectivity index (χ0n) is 13.0. The van der Waals surface area contributed by atoms with Crippen LogP contribution in [0, 0.1) is 5.92 Å². The molecule has 2 atom stereocenters. The number of carbonyl (C=O) groups excluding carboxylic acids is 3. The average molecular weight is 288 g/mol. The van der Waals surface area contributed by atoms with Gasteiger partial charge in [0.15, 0.2) is 0 Å². The summed E-state index contributed by atoms with van der Waals surface area (Å²) in [5, 5.41) is 0. The third-order valence-corrected chi connectivity index (χ3v) is 2.24. The van der Waals surface area contributed by atoms with Gasteiger partial charge >= 0.3 is 17.9 Å². The third-order valence-electron chi connectivity index (χ3n) is 2.24. The Labute approximate surface area is 119 Å². The van der Waals surface area contributed by atoms with Gasteiger partial charge in [-0.2, -0.15) is 0 Å². The minimum Gasteiger partial charge on any atom is -0.460 e. The summed E-state index contributed by atoms with van der Waals surface area (Å²) in [5.74, 6) is -1.71. The molecule has 0 N–H and O–H groups in total. The lowest BCUT2D eigenvalue weighted by Gasteiger charge is -2.26. The van der Waals surface area contributed by atoms with E-state index in [1.54, 1.807) is 13.8 Å².